The summed E-state index contributed by atoms with van der Waals surface area (Å²) in [5.74, 6) is -0.745. The number of nitrogens with one attached hydrogen (secondary N) is 1. The van der Waals surface area contributed by atoms with E-state index in [1.807, 2.05) is 36.7 Å². The predicted molar refractivity (Wildman–Crippen MR) is 98.7 cm³/mol. The molecule has 0 saturated carbocycles. The van der Waals surface area contributed by atoms with Crippen molar-refractivity contribution in [3.8, 4) is 0 Å². The van der Waals surface area contributed by atoms with Crippen molar-refractivity contribution in [1.82, 2.24) is 15.2 Å². The third kappa shape index (κ3) is 4.22. The fraction of sp³-hybridized carbons (Fsp3) is 0.150. The molecular weight excluding hydrogens is 331 g/mol. The van der Waals surface area contributed by atoms with Crippen molar-refractivity contribution in [2.75, 3.05) is 0 Å². The normalized spacial score (nSPS) is 11.0. The van der Waals surface area contributed by atoms with E-state index < -0.39 is 5.82 Å². The van der Waals surface area contributed by atoms with Crippen LogP contribution in [0.3, 0.4) is 0 Å². The quantitative estimate of drug-likeness (QED) is 0.566. The molecule has 2 aromatic carbocycles. The molecule has 1 aromatic heterocycles. The van der Waals surface area contributed by atoms with Crippen LogP contribution in [0.5, 0.6) is 0 Å². The number of benzene rings is 2. The van der Waals surface area contributed by atoms with Crippen LogP contribution in [0.4, 0.5) is 4.39 Å². The lowest BCUT2D eigenvalue weighted by molar-refractivity contribution is 0.0955. The minimum absolute atomic E-state index is 0.311. The average Bonchev–Trinajstić information content (AvgIpc) is 2.94. The van der Waals surface area contributed by atoms with Gasteiger partial charge in [-0.2, -0.15) is 10.2 Å². The van der Waals surface area contributed by atoms with Crippen molar-refractivity contribution in [3.63, 3.8) is 0 Å². The third-order valence-corrected chi connectivity index (χ3v) is 3.90. The van der Waals surface area contributed by atoms with E-state index in [1.165, 1.54) is 12.3 Å². The summed E-state index contributed by atoms with van der Waals surface area (Å²) in [4.78, 5) is 12.3. The lowest BCUT2D eigenvalue weighted by Gasteiger charge is -2.06. The molecule has 0 atom stereocenters. The van der Waals surface area contributed by atoms with Gasteiger partial charge < -0.3 is 0 Å². The number of halogens is 1. The lowest BCUT2D eigenvalue weighted by atomic mass is 10.1. The second kappa shape index (κ2) is 7.74. The van der Waals surface area contributed by atoms with Gasteiger partial charge in [-0.05, 0) is 43.7 Å². The van der Waals surface area contributed by atoms with Gasteiger partial charge in [0.15, 0.2) is 0 Å². The van der Waals surface area contributed by atoms with E-state index in [2.05, 4.69) is 15.6 Å². The molecule has 1 heterocycles. The lowest BCUT2D eigenvalue weighted by Crippen LogP contribution is -2.18. The van der Waals surface area contributed by atoms with E-state index in [0.717, 1.165) is 17.0 Å². The summed E-state index contributed by atoms with van der Waals surface area (Å²) in [6.07, 6.45) is 1.28. The summed E-state index contributed by atoms with van der Waals surface area (Å²) in [5, 5.41) is 8.26. The van der Waals surface area contributed by atoms with Crippen molar-refractivity contribution in [2.24, 2.45) is 5.10 Å². The molecule has 6 heteroatoms. The molecule has 0 saturated heterocycles. The molecule has 0 aliphatic rings. The number of hydrazone groups is 1. The Hall–Kier alpha value is -3.28. The Morgan fingerprint density at radius 2 is 2.00 bits per heavy atom. The molecule has 26 heavy (non-hydrogen) atoms. The van der Waals surface area contributed by atoms with Gasteiger partial charge in [-0.15, -0.1) is 0 Å². The molecule has 5 nitrogen and oxygen atoms in total. The Bertz CT molecular complexity index is 962. The highest BCUT2D eigenvalue weighted by Crippen LogP contribution is 2.10. The van der Waals surface area contributed by atoms with Gasteiger partial charge in [0.05, 0.1) is 18.5 Å². The maximum absolute atomic E-state index is 13.5. The first-order valence-electron chi connectivity index (χ1n) is 8.21. The van der Waals surface area contributed by atoms with E-state index in [4.69, 9.17) is 0 Å². The van der Waals surface area contributed by atoms with Gasteiger partial charge in [0.25, 0.3) is 5.91 Å². The van der Waals surface area contributed by atoms with Crippen LogP contribution in [-0.2, 0) is 6.54 Å². The van der Waals surface area contributed by atoms with Crippen LogP contribution in [0.1, 0.15) is 32.9 Å². The van der Waals surface area contributed by atoms with E-state index in [1.54, 1.807) is 30.3 Å². The number of rotatable bonds is 5. The summed E-state index contributed by atoms with van der Waals surface area (Å²) in [6, 6.07) is 15.5. The summed E-state index contributed by atoms with van der Waals surface area (Å²) >= 11 is 0. The van der Waals surface area contributed by atoms with Gasteiger partial charge in [0, 0.05) is 16.8 Å². The standard InChI is InChI=1S/C20H19FN4O/c1-14-10-15(2)25(24-14)13-16-6-5-8-17(11-16)20(26)23-22-12-18-7-3-4-9-19(18)21/h3-12H,13H2,1-2H3,(H,23,26). The Morgan fingerprint density at radius 3 is 2.73 bits per heavy atom. The average molecular weight is 350 g/mol. The topological polar surface area (TPSA) is 59.3 Å². The number of aryl methyl sites for hydroxylation is 2. The predicted octanol–water partition coefficient (Wildman–Crippen LogP) is 3.45. The molecule has 3 aromatic rings. The number of carbonyl (C=O) groups excluding carboxylic acids is 1. The Labute approximate surface area is 151 Å². The highest BCUT2D eigenvalue weighted by Gasteiger charge is 2.07. The second-order valence-corrected chi connectivity index (χ2v) is 6.01. The maximum Gasteiger partial charge on any atom is 0.271 e. The van der Waals surface area contributed by atoms with E-state index in [0.29, 0.717) is 17.7 Å². The number of aromatic nitrogens is 2. The molecule has 0 radical (unpaired) electrons. The van der Waals surface area contributed by atoms with Gasteiger partial charge in [-0.3, -0.25) is 9.48 Å². The zero-order chi connectivity index (χ0) is 18.5. The minimum atomic E-state index is -0.391. The van der Waals surface area contributed by atoms with Crippen LogP contribution >= 0.6 is 0 Å². The van der Waals surface area contributed by atoms with Crippen LogP contribution in [0.15, 0.2) is 59.7 Å². The van der Waals surface area contributed by atoms with Crippen LogP contribution in [0.25, 0.3) is 0 Å². The summed E-state index contributed by atoms with van der Waals surface area (Å²) in [7, 11) is 0. The summed E-state index contributed by atoms with van der Waals surface area (Å²) < 4.78 is 15.4. The monoisotopic (exact) mass is 350 g/mol. The van der Waals surface area contributed by atoms with Crippen LogP contribution in [0.2, 0.25) is 0 Å². The SMILES string of the molecule is Cc1cc(C)n(Cc2cccc(C(=O)NN=Cc3ccccc3F)c2)n1. The molecular formula is C20H19FN4O. The van der Waals surface area contributed by atoms with E-state index in [9.17, 15) is 9.18 Å². The Balaban J connectivity index is 1.68. The number of hydrogen-bond acceptors (Lipinski definition) is 3. The second-order valence-electron chi connectivity index (χ2n) is 6.01. The fourth-order valence-corrected chi connectivity index (χ4v) is 2.62. The number of amides is 1. The molecule has 132 valence electrons. The Morgan fingerprint density at radius 1 is 1.19 bits per heavy atom. The molecule has 0 spiro atoms. The first kappa shape index (κ1) is 17.5. The van der Waals surface area contributed by atoms with Gasteiger partial charge in [-0.1, -0.05) is 30.3 Å². The molecule has 0 fully saturated rings. The van der Waals surface area contributed by atoms with Gasteiger partial charge in [-0.25, -0.2) is 9.82 Å². The highest BCUT2D eigenvalue weighted by molar-refractivity contribution is 5.95. The van der Waals surface area contributed by atoms with Crippen molar-refractivity contribution >= 4 is 12.1 Å². The molecule has 1 N–H and O–H groups in total. The summed E-state index contributed by atoms with van der Waals surface area (Å²) in [5.41, 5.74) is 6.19. The van der Waals surface area contributed by atoms with Gasteiger partial charge in [0.2, 0.25) is 0 Å². The van der Waals surface area contributed by atoms with Gasteiger partial charge >= 0.3 is 0 Å². The van der Waals surface area contributed by atoms with Crippen LogP contribution in [-0.4, -0.2) is 21.9 Å². The molecule has 0 aliphatic carbocycles. The maximum atomic E-state index is 13.5. The van der Waals surface area contributed by atoms with Crippen molar-refractivity contribution in [3.05, 3.63) is 88.5 Å². The van der Waals surface area contributed by atoms with Gasteiger partial charge in [0.1, 0.15) is 5.82 Å². The van der Waals surface area contributed by atoms with Crippen molar-refractivity contribution < 1.29 is 9.18 Å². The third-order valence-electron chi connectivity index (χ3n) is 3.90. The number of carbonyl (C=O) groups is 1. The smallest absolute Gasteiger partial charge is 0.267 e. The largest absolute Gasteiger partial charge is 0.271 e. The first-order chi connectivity index (χ1) is 12.5. The molecule has 3 rings (SSSR count). The summed E-state index contributed by atoms with van der Waals surface area (Å²) in [6.45, 7) is 4.52. The number of nitrogens with zero attached hydrogens (tertiary/aromatic N) is 3. The first-order valence-corrected chi connectivity index (χ1v) is 8.21. The molecule has 0 bridgehead atoms. The van der Waals surface area contributed by atoms with Crippen LogP contribution < -0.4 is 5.43 Å². The highest BCUT2D eigenvalue weighted by atomic mass is 19.1. The van der Waals surface area contributed by atoms with E-state index in [-0.39, 0.29) is 5.91 Å². The minimum Gasteiger partial charge on any atom is -0.267 e. The van der Waals surface area contributed by atoms with Crippen LogP contribution in [0, 0.1) is 19.7 Å². The zero-order valence-corrected chi connectivity index (χ0v) is 14.6. The fourth-order valence-electron chi connectivity index (χ4n) is 2.62. The van der Waals surface area contributed by atoms with E-state index >= 15 is 0 Å². The zero-order valence-electron chi connectivity index (χ0n) is 14.6. The molecule has 1 amide bonds. The number of hydrogen-bond donors (Lipinski definition) is 1. The molecule has 0 unspecified atom stereocenters. The Kier molecular flexibility index (Phi) is 5.22. The molecule has 0 aliphatic heterocycles. The van der Waals surface area contributed by atoms with Crippen molar-refractivity contribution in [2.45, 2.75) is 20.4 Å². The van der Waals surface area contributed by atoms with Crippen molar-refractivity contribution in [1.29, 1.82) is 0 Å².